The van der Waals surface area contributed by atoms with Gasteiger partial charge in [-0.15, -0.1) is 0 Å². The van der Waals surface area contributed by atoms with Crippen LogP contribution < -0.4 is 15.5 Å². The maximum absolute atomic E-state index is 12.6. The number of hydrogen-bond acceptors (Lipinski definition) is 5. The highest BCUT2D eigenvalue weighted by atomic mass is 16.6. The highest BCUT2D eigenvalue weighted by Gasteiger charge is 2.17. The summed E-state index contributed by atoms with van der Waals surface area (Å²) in [4.78, 5) is 40.8. The van der Waals surface area contributed by atoms with Gasteiger partial charge in [0, 0.05) is 37.5 Å². The van der Waals surface area contributed by atoms with Gasteiger partial charge in [0.1, 0.15) is 11.9 Å². The molecule has 0 saturated carbocycles. The molecule has 0 saturated heterocycles. The summed E-state index contributed by atoms with van der Waals surface area (Å²) in [5, 5.41) is 5.61. The third kappa shape index (κ3) is 7.26. The molecule has 164 valence electrons. The van der Waals surface area contributed by atoms with Gasteiger partial charge >= 0.3 is 6.09 Å². The molecular formula is C23H28N4O4. The Hall–Kier alpha value is -3.68. The SMILES string of the molecule is C/N=C(/NCc1ccc(N(C)C(=O)c2ccc(C=O)cc2)cc1)NC(=O)OC(C)(C)C. The molecule has 0 atom stereocenters. The lowest BCUT2D eigenvalue weighted by Crippen LogP contribution is -2.43. The van der Waals surface area contributed by atoms with Crippen molar-refractivity contribution in [2.24, 2.45) is 4.99 Å². The van der Waals surface area contributed by atoms with Crippen molar-refractivity contribution in [1.29, 1.82) is 0 Å². The minimum atomic E-state index is -0.598. The van der Waals surface area contributed by atoms with Gasteiger partial charge in [-0.1, -0.05) is 24.3 Å². The van der Waals surface area contributed by atoms with Crippen molar-refractivity contribution in [2.45, 2.75) is 32.9 Å². The number of aliphatic imine (C=N–C) groups is 1. The second-order valence-corrected chi connectivity index (χ2v) is 7.82. The van der Waals surface area contributed by atoms with Crippen molar-refractivity contribution in [3.8, 4) is 0 Å². The van der Waals surface area contributed by atoms with E-state index in [2.05, 4.69) is 15.6 Å². The van der Waals surface area contributed by atoms with Crippen LogP contribution in [0, 0.1) is 0 Å². The van der Waals surface area contributed by atoms with Crippen molar-refractivity contribution >= 4 is 29.9 Å². The van der Waals surface area contributed by atoms with E-state index in [0.717, 1.165) is 17.5 Å². The van der Waals surface area contributed by atoms with E-state index < -0.39 is 11.7 Å². The van der Waals surface area contributed by atoms with Crippen molar-refractivity contribution < 1.29 is 19.1 Å². The molecule has 0 aromatic heterocycles. The van der Waals surface area contributed by atoms with E-state index in [1.807, 2.05) is 24.3 Å². The molecule has 2 N–H and O–H groups in total. The molecule has 0 aliphatic heterocycles. The molecule has 0 spiro atoms. The lowest BCUT2D eigenvalue weighted by molar-refractivity contribution is 0.0561. The summed E-state index contributed by atoms with van der Waals surface area (Å²) < 4.78 is 5.21. The highest BCUT2D eigenvalue weighted by Crippen LogP contribution is 2.17. The van der Waals surface area contributed by atoms with Crippen molar-refractivity contribution in [1.82, 2.24) is 10.6 Å². The minimum absolute atomic E-state index is 0.176. The number of benzene rings is 2. The summed E-state index contributed by atoms with van der Waals surface area (Å²) in [6.45, 7) is 5.78. The van der Waals surface area contributed by atoms with E-state index in [-0.39, 0.29) is 5.91 Å². The second kappa shape index (κ2) is 10.4. The monoisotopic (exact) mass is 424 g/mol. The number of ether oxygens (including phenoxy) is 1. The highest BCUT2D eigenvalue weighted by molar-refractivity contribution is 6.06. The Morgan fingerprint density at radius 2 is 1.68 bits per heavy atom. The van der Waals surface area contributed by atoms with Crippen LogP contribution in [0.5, 0.6) is 0 Å². The largest absolute Gasteiger partial charge is 0.444 e. The Morgan fingerprint density at radius 1 is 1.06 bits per heavy atom. The average molecular weight is 425 g/mol. The van der Waals surface area contributed by atoms with Crippen LogP contribution >= 0.6 is 0 Å². The predicted octanol–water partition coefficient (Wildman–Crippen LogP) is 3.38. The summed E-state index contributed by atoms with van der Waals surface area (Å²) >= 11 is 0. The van der Waals surface area contributed by atoms with Crippen LogP contribution in [0.4, 0.5) is 10.5 Å². The molecular weight excluding hydrogens is 396 g/mol. The van der Waals surface area contributed by atoms with E-state index in [4.69, 9.17) is 4.74 Å². The van der Waals surface area contributed by atoms with E-state index >= 15 is 0 Å². The normalized spacial score (nSPS) is 11.5. The minimum Gasteiger partial charge on any atom is -0.444 e. The molecule has 31 heavy (non-hydrogen) atoms. The Bertz CT molecular complexity index is 945. The summed E-state index contributed by atoms with van der Waals surface area (Å²) in [5.74, 6) is 0.120. The lowest BCUT2D eigenvalue weighted by Gasteiger charge is -2.20. The summed E-state index contributed by atoms with van der Waals surface area (Å²) in [5.41, 5.74) is 2.08. The van der Waals surface area contributed by atoms with Gasteiger partial charge in [-0.05, 0) is 50.6 Å². The molecule has 0 bridgehead atoms. The number of anilines is 1. The Kier molecular flexibility index (Phi) is 7.90. The number of guanidine groups is 1. The summed E-state index contributed by atoms with van der Waals surface area (Å²) in [6.07, 6.45) is 0.153. The number of amides is 2. The maximum atomic E-state index is 12.6. The standard InChI is InChI=1S/C23H28N4O4/c1-23(2,3)31-22(30)26-21(24-4)25-14-16-8-12-19(13-9-16)27(5)20(29)18-10-6-17(15-28)7-11-18/h6-13,15H,14H2,1-5H3,(H2,24,25,26,30). The number of aldehydes is 1. The molecule has 8 nitrogen and oxygen atoms in total. The van der Waals surface area contributed by atoms with Crippen LogP contribution in [0.15, 0.2) is 53.5 Å². The molecule has 0 fully saturated rings. The molecule has 2 aromatic rings. The van der Waals surface area contributed by atoms with Gasteiger partial charge in [-0.3, -0.25) is 19.9 Å². The van der Waals surface area contributed by atoms with E-state index in [9.17, 15) is 14.4 Å². The summed E-state index contributed by atoms with van der Waals surface area (Å²) in [7, 11) is 3.25. The van der Waals surface area contributed by atoms with Crippen molar-refractivity contribution in [3.05, 3.63) is 65.2 Å². The van der Waals surface area contributed by atoms with E-state index in [0.29, 0.717) is 23.6 Å². The fraction of sp³-hybridized carbons (Fsp3) is 0.304. The number of nitrogens with one attached hydrogen (secondary N) is 2. The topological polar surface area (TPSA) is 100 Å². The smallest absolute Gasteiger partial charge is 0.414 e. The second-order valence-electron chi connectivity index (χ2n) is 7.82. The third-order valence-corrected chi connectivity index (χ3v) is 4.22. The zero-order valence-electron chi connectivity index (χ0n) is 18.4. The summed E-state index contributed by atoms with van der Waals surface area (Å²) in [6, 6.07) is 13.9. The third-order valence-electron chi connectivity index (χ3n) is 4.22. The molecule has 0 unspecified atom stereocenters. The number of alkyl carbamates (subject to hydrolysis) is 1. The first-order valence-electron chi connectivity index (χ1n) is 9.76. The zero-order valence-corrected chi connectivity index (χ0v) is 18.4. The Labute approximate surface area is 182 Å². The fourth-order valence-electron chi connectivity index (χ4n) is 2.62. The predicted molar refractivity (Wildman–Crippen MR) is 121 cm³/mol. The van der Waals surface area contributed by atoms with Gasteiger partial charge in [0.25, 0.3) is 5.91 Å². The molecule has 2 rings (SSSR count). The Morgan fingerprint density at radius 3 is 2.19 bits per heavy atom. The maximum Gasteiger partial charge on any atom is 0.414 e. The van der Waals surface area contributed by atoms with Gasteiger partial charge in [-0.25, -0.2) is 4.79 Å². The molecule has 2 aromatic carbocycles. The van der Waals surface area contributed by atoms with Crippen LogP contribution in [0.25, 0.3) is 0 Å². The zero-order chi connectivity index (χ0) is 23.0. The lowest BCUT2D eigenvalue weighted by atomic mass is 10.1. The van der Waals surface area contributed by atoms with Crippen LogP contribution in [0.2, 0.25) is 0 Å². The number of nitrogens with zero attached hydrogens (tertiary/aromatic N) is 2. The van der Waals surface area contributed by atoms with Crippen LogP contribution in [0.1, 0.15) is 47.1 Å². The molecule has 0 aliphatic rings. The number of hydrogen-bond donors (Lipinski definition) is 2. The van der Waals surface area contributed by atoms with Crippen LogP contribution in [0.3, 0.4) is 0 Å². The fourth-order valence-corrected chi connectivity index (χ4v) is 2.62. The molecule has 0 radical (unpaired) electrons. The first kappa shape index (κ1) is 23.6. The quantitative estimate of drug-likeness (QED) is 0.435. The van der Waals surface area contributed by atoms with Crippen molar-refractivity contribution in [2.75, 3.05) is 19.0 Å². The molecule has 0 aliphatic carbocycles. The van der Waals surface area contributed by atoms with Gasteiger partial charge in [0.15, 0.2) is 0 Å². The number of carbonyl (C=O) groups excluding carboxylic acids is 3. The van der Waals surface area contributed by atoms with Gasteiger partial charge < -0.3 is 15.0 Å². The van der Waals surface area contributed by atoms with Crippen molar-refractivity contribution in [3.63, 3.8) is 0 Å². The number of rotatable bonds is 5. The number of carbonyl (C=O) groups is 3. The molecule has 2 amide bonds. The van der Waals surface area contributed by atoms with E-state index in [1.165, 1.54) is 4.90 Å². The Balaban J connectivity index is 1.95. The van der Waals surface area contributed by atoms with Gasteiger partial charge in [-0.2, -0.15) is 0 Å². The van der Waals surface area contributed by atoms with Gasteiger partial charge in [0.2, 0.25) is 5.96 Å². The average Bonchev–Trinajstić information content (AvgIpc) is 2.74. The van der Waals surface area contributed by atoms with Crippen LogP contribution in [-0.4, -0.2) is 43.9 Å². The van der Waals surface area contributed by atoms with Crippen LogP contribution in [-0.2, 0) is 11.3 Å². The molecule has 8 heteroatoms. The van der Waals surface area contributed by atoms with Gasteiger partial charge in [0.05, 0.1) is 0 Å². The first-order chi connectivity index (χ1) is 14.6. The van der Waals surface area contributed by atoms with E-state index in [1.54, 1.807) is 59.1 Å². The first-order valence-corrected chi connectivity index (χ1v) is 9.76. The molecule has 0 heterocycles.